The third-order valence-corrected chi connectivity index (χ3v) is 3.82. The lowest BCUT2D eigenvalue weighted by Crippen LogP contribution is -2.04. The van der Waals surface area contributed by atoms with Crippen LogP contribution in [0.25, 0.3) is 10.2 Å². The molecule has 0 amide bonds. The summed E-state index contributed by atoms with van der Waals surface area (Å²) in [5.74, 6) is -2.28. The van der Waals surface area contributed by atoms with E-state index in [0.717, 1.165) is 11.3 Å². The molecule has 0 aromatic carbocycles. The van der Waals surface area contributed by atoms with Crippen LogP contribution in [0.3, 0.4) is 0 Å². The number of nitrogen functional groups attached to an aromatic ring is 1. The van der Waals surface area contributed by atoms with E-state index in [0.29, 0.717) is 10.5 Å². The third kappa shape index (κ3) is 2.12. The van der Waals surface area contributed by atoms with Crippen molar-refractivity contribution in [2.24, 2.45) is 0 Å². The van der Waals surface area contributed by atoms with Crippen molar-refractivity contribution in [1.82, 2.24) is 4.98 Å². The molecule has 4 N–H and O–H groups in total. The van der Waals surface area contributed by atoms with Crippen molar-refractivity contribution in [3.63, 3.8) is 0 Å². The van der Waals surface area contributed by atoms with Crippen LogP contribution in [0.2, 0.25) is 0 Å². The first-order valence-corrected chi connectivity index (χ1v) is 6.34. The van der Waals surface area contributed by atoms with Gasteiger partial charge in [0.05, 0.1) is 11.3 Å². The van der Waals surface area contributed by atoms with E-state index in [1.54, 1.807) is 0 Å². The second-order valence-corrected chi connectivity index (χ2v) is 5.38. The molecule has 0 atom stereocenters. The molecule has 0 aliphatic rings. The number of carboxylic acids is 2. The number of aromatic carboxylic acids is 2. The summed E-state index contributed by atoms with van der Waals surface area (Å²) in [6.45, 7) is 3.77. The zero-order chi connectivity index (χ0) is 14.3. The highest BCUT2D eigenvalue weighted by Gasteiger charge is 2.23. The van der Waals surface area contributed by atoms with Gasteiger partial charge in [-0.3, -0.25) is 0 Å². The Balaban J connectivity index is 2.88. The van der Waals surface area contributed by atoms with Crippen LogP contribution in [0.15, 0.2) is 6.07 Å². The zero-order valence-corrected chi connectivity index (χ0v) is 11.1. The summed E-state index contributed by atoms with van der Waals surface area (Å²) in [4.78, 5) is 26.9. The lowest BCUT2D eigenvalue weighted by atomic mass is 10.0. The van der Waals surface area contributed by atoms with Gasteiger partial charge in [-0.05, 0) is 12.0 Å². The maximum Gasteiger partial charge on any atom is 0.348 e. The number of pyridine rings is 1. The fraction of sp³-hybridized carbons (Fsp3) is 0.250. The van der Waals surface area contributed by atoms with E-state index in [4.69, 9.17) is 10.8 Å². The molecule has 0 saturated heterocycles. The van der Waals surface area contributed by atoms with Gasteiger partial charge in [-0.2, -0.15) is 0 Å². The van der Waals surface area contributed by atoms with Crippen molar-refractivity contribution < 1.29 is 19.8 Å². The number of nitrogens with zero attached hydrogens (tertiary/aromatic N) is 1. The fourth-order valence-electron chi connectivity index (χ4n) is 1.76. The molecule has 0 aliphatic heterocycles. The average molecular weight is 280 g/mol. The Kier molecular flexibility index (Phi) is 3.15. The number of thiophene rings is 1. The van der Waals surface area contributed by atoms with Crippen LogP contribution in [0.4, 0.5) is 5.69 Å². The van der Waals surface area contributed by atoms with Crippen molar-refractivity contribution in [2.45, 2.75) is 19.8 Å². The van der Waals surface area contributed by atoms with E-state index in [9.17, 15) is 14.7 Å². The van der Waals surface area contributed by atoms with E-state index in [-0.39, 0.29) is 27.4 Å². The van der Waals surface area contributed by atoms with Gasteiger partial charge in [0, 0.05) is 11.1 Å². The maximum atomic E-state index is 11.3. The van der Waals surface area contributed by atoms with Gasteiger partial charge >= 0.3 is 11.9 Å². The quantitative estimate of drug-likeness (QED) is 0.795. The molecular formula is C12H12N2O4S. The van der Waals surface area contributed by atoms with Gasteiger partial charge in [-0.25, -0.2) is 14.6 Å². The SMILES string of the molecule is CC(C)c1cc(C(=O)O)c2c(N)c(C(=O)O)sc2n1. The Hall–Kier alpha value is -2.15. The highest BCUT2D eigenvalue weighted by Crippen LogP contribution is 2.36. The highest BCUT2D eigenvalue weighted by molar-refractivity contribution is 7.21. The van der Waals surface area contributed by atoms with Crippen LogP contribution in [0.1, 0.15) is 45.5 Å². The zero-order valence-electron chi connectivity index (χ0n) is 10.3. The molecule has 0 radical (unpaired) electrons. The van der Waals surface area contributed by atoms with Crippen molar-refractivity contribution in [2.75, 3.05) is 5.73 Å². The number of nitrogens with two attached hydrogens (primary N) is 1. The number of aromatic nitrogens is 1. The van der Waals surface area contributed by atoms with Crippen LogP contribution in [0, 0.1) is 0 Å². The predicted molar refractivity (Wildman–Crippen MR) is 72.0 cm³/mol. The topological polar surface area (TPSA) is 114 Å². The molecule has 2 aromatic rings. The van der Waals surface area contributed by atoms with Crippen LogP contribution < -0.4 is 5.73 Å². The predicted octanol–water partition coefficient (Wildman–Crippen LogP) is 2.40. The molecule has 0 unspecified atom stereocenters. The average Bonchev–Trinajstić information content (AvgIpc) is 2.65. The second kappa shape index (κ2) is 4.51. The molecule has 0 spiro atoms. The number of hydrogen-bond donors (Lipinski definition) is 3. The smallest absolute Gasteiger partial charge is 0.348 e. The molecule has 0 fully saturated rings. The van der Waals surface area contributed by atoms with Gasteiger partial charge in [-0.15, -0.1) is 11.3 Å². The maximum absolute atomic E-state index is 11.3. The first-order chi connectivity index (χ1) is 8.82. The Morgan fingerprint density at radius 3 is 2.42 bits per heavy atom. The number of carbonyl (C=O) groups is 2. The summed E-state index contributed by atoms with van der Waals surface area (Å²) in [5.41, 5.74) is 6.29. The van der Waals surface area contributed by atoms with E-state index < -0.39 is 11.9 Å². The summed E-state index contributed by atoms with van der Waals surface area (Å²) in [6.07, 6.45) is 0. The highest BCUT2D eigenvalue weighted by atomic mass is 32.1. The summed E-state index contributed by atoms with van der Waals surface area (Å²) in [6, 6.07) is 1.45. The van der Waals surface area contributed by atoms with Crippen LogP contribution in [-0.4, -0.2) is 27.1 Å². The monoisotopic (exact) mass is 280 g/mol. The van der Waals surface area contributed by atoms with Gasteiger partial charge in [0.15, 0.2) is 0 Å². The first-order valence-electron chi connectivity index (χ1n) is 5.52. The molecule has 0 saturated carbocycles. The van der Waals surface area contributed by atoms with Crippen molar-refractivity contribution in [3.05, 3.63) is 22.2 Å². The second-order valence-electron chi connectivity index (χ2n) is 4.38. The normalized spacial score (nSPS) is 11.1. The standard InChI is InChI=1S/C12H12N2O4S/c1-4(2)6-3-5(11(15)16)7-8(13)9(12(17)18)19-10(7)14-6/h3-4H,13H2,1-2H3,(H,15,16)(H,17,18). The van der Waals surface area contributed by atoms with Gasteiger partial charge in [-0.1, -0.05) is 13.8 Å². The van der Waals surface area contributed by atoms with E-state index in [2.05, 4.69) is 4.98 Å². The number of fused-ring (bicyclic) bond motifs is 1. The number of carboxylic acid groups (broad SMARTS) is 2. The van der Waals surface area contributed by atoms with Crippen molar-refractivity contribution in [3.8, 4) is 0 Å². The summed E-state index contributed by atoms with van der Waals surface area (Å²) in [7, 11) is 0. The molecule has 19 heavy (non-hydrogen) atoms. The number of rotatable bonds is 3. The van der Waals surface area contributed by atoms with Crippen molar-refractivity contribution in [1.29, 1.82) is 0 Å². The molecule has 2 heterocycles. The van der Waals surface area contributed by atoms with E-state index in [1.807, 2.05) is 13.8 Å². The van der Waals surface area contributed by atoms with Gasteiger partial charge in [0.2, 0.25) is 0 Å². The fourth-order valence-corrected chi connectivity index (χ4v) is 2.73. The van der Waals surface area contributed by atoms with E-state index >= 15 is 0 Å². The summed E-state index contributed by atoms with van der Waals surface area (Å²) in [5, 5.41) is 18.5. The lowest BCUT2D eigenvalue weighted by molar-refractivity contribution is 0.0688. The summed E-state index contributed by atoms with van der Waals surface area (Å²) < 4.78 is 0. The van der Waals surface area contributed by atoms with Crippen LogP contribution >= 0.6 is 11.3 Å². The molecule has 6 nitrogen and oxygen atoms in total. The largest absolute Gasteiger partial charge is 0.478 e. The molecule has 2 rings (SSSR count). The number of anilines is 1. The van der Waals surface area contributed by atoms with Crippen LogP contribution in [-0.2, 0) is 0 Å². The molecular weight excluding hydrogens is 268 g/mol. The van der Waals surface area contributed by atoms with Gasteiger partial charge < -0.3 is 15.9 Å². The first kappa shape index (κ1) is 13.3. The molecule has 0 aliphatic carbocycles. The molecule has 0 bridgehead atoms. The van der Waals surface area contributed by atoms with E-state index in [1.165, 1.54) is 6.07 Å². The van der Waals surface area contributed by atoms with Gasteiger partial charge in [0.25, 0.3) is 0 Å². The molecule has 2 aromatic heterocycles. The summed E-state index contributed by atoms with van der Waals surface area (Å²) >= 11 is 0.896. The Bertz CT molecular complexity index is 691. The van der Waals surface area contributed by atoms with Gasteiger partial charge in [0.1, 0.15) is 9.71 Å². The minimum absolute atomic E-state index is 0.00468. The van der Waals surface area contributed by atoms with Crippen molar-refractivity contribution >= 4 is 39.2 Å². The van der Waals surface area contributed by atoms with Crippen LogP contribution in [0.5, 0.6) is 0 Å². The Morgan fingerprint density at radius 2 is 1.95 bits per heavy atom. The minimum Gasteiger partial charge on any atom is -0.478 e. The minimum atomic E-state index is -1.18. The molecule has 100 valence electrons. The molecule has 7 heteroatoms. The Morgan fingerprint density at radius 1 is 1.32 bits per heavy atom. The Labute approximate surface area is 112 Å². The third-order valence-electron chi connectivity index (χ3n) is 2.73. The lowest BCUT2D eigenvalue weighted by Gasteiger charge is -2.06. The number of hydrogen-bond acceptors (Lipinski definition) is 5.